The molecule has 0 aliphatic carbocycles. The van der Waals surface area contributed by atoms with E-state index in [0.717, 1.165) is 16.7 Å². The van der Waals surface area contributed by atoms with Gasteiger partial charge < -0.3 is 15.3 Å². The summed E-state index contributed by atoms with van der Waals surface area (Å²) in [5.74, 6) is -1.38. The summed E-state index contributed by atoms with van der Waals surface area (Å²) in [5.41, 5.74) is 2.51. The smallest absolute Gasteiger partial charge is 0.331 e. The number of carbonyl (C=O) groups is 1. The first-order chi connectivity index (χ1) is 9.47. The number of rotatable bonds is 4. The van der Waals surface area contributed by atoms with Crippen molar-refractivity contribution < 1.29 is 20.1 Å². The van der Waals surface area contributed by atoms with Gasteiger partial charge in [-0.2, -0.15) is 0 Å². The predicted octanol–water partition coefficient (Wildman–Crippen LogP) is 2.95. The molecule has 102 valence electrons. The van der Waals surface area contributed by atoms with Gasteiger partial charge in [-0.25, -0.2) is 4.79 Å². The number of carboxylic acid groups (broad SMARTS) is 1. The van der Waals surface area contributed by atoms with Crippen LogP contribution in [0.15, 0.2) is 54.6 Å². The second kappa shape index (κ2) is 5.48. The highest BCUT2D eigenvalue weighted by Gasteiger charge is 2.07. The minimum atomic E-state index is -1.02. The van der Waals surface area contributed by atoms with Crippen LogP contribution in [-0.4, -0.2) is 21.3 Å². The van der Waals surface area contributed by atoms with Gasteiger partial charge in [0.1, 0.15) is 0 Å². The molecule has 0 bridgehead atoms. The summed E-state index contributed by atoms with van der Waals surface area (Å²) in [6.07, 6.45) is 0.257. The zero-order valence-corrected chi connectivity index (χ0v) is 10.7. The van der Waals surface area contributed by atoms with Crippen molar-refractivity contribution in [2.45, 2.75) is 6.42 Å². The Morgan fingerprint density at radius 3 is 2.35 bits per heavy atom. The van der Waals surface area contributed by atoms with Gasteiger partial charge in [-0.05, 0) is 28.8 Å². The lowest BCUT2D eigenvalue weighted by molar-refractivity contribution is -0.132. The van der Waals surface area contributed by atoms with E-state index in [1.54, 1.807) is 6.07 Å². The number of phenolic OH excluding ortho intramolecular Hbond substituents is 2. The summed E-state index contributed by atoms with van der Waals surface area (Å²) < 4.78 is 0. The molecule has 2 rings (SSSR count). The molecule has 0 aliphatic rings. The molecule has 0 amide bonds. The summed E-state index contributed by atoms with van der Waals surface area (Å²) in [6, 6.07) is 11.9. The number of hydrogen-bond acceptors (Lipinski definition) is 3. The molecule has 0 saturated heterocycles. The maximum absolute atomic E-state index is 10.8. The van der Waals surface area contributed by atoms with Crippen LogP contribution in [0, 0.1) is 0 Å². The van der Waals surface area contributed by atoms with Crippen molar-refractivity contribution in [1.82, 2.24) is 0 Å². The van der Waals surface area contributed by atoms with Crippen LogP contribution in [0.4, 0.5) is 0 Å². The van der Waals surface area contributed by atoms with E-state index < -0.39 is 5.97 Å². The molecule has 0 aliphatic heterocycles. The van der Waals surface area contributed by atoms with Gasteiger partial charge in [0.15, 0.2) is 11.5 Å². The average Bonchev–Trinajstić information content (AvgIpc) is 2.42. The van der Waals surface area contributed by atoms with E-state index in [-0.39, 0.29) is 23.5 Å². The number of hydrogen-bond donors (Lipinski definition) is 3. The maximum Gasteiger partial charge on any atom is 0.331 e. The highest BCUT2D eigenvalue weighted by Crippen LogP contribution is 2.30. The van der Waals surface area contributed by atoms with Crippen LogP contribution < -0.4 is 0 Å². The van der Waals surface area contributed by atoms with Crippen LogP contribution >= 0.6 is 0 Å². The summed E-state index contributed by atoms with van der Waals surface area (Å²) in [6.45, 7) is 3.51. The third kappa shape index (κ3) is 2.98. The van der Waals surface area contributed by atoms with E-state index in [1.165, 1.54) is 12.1 Å². The van der Waals surface area contributed by atoms with Crippen LogP contribution in [0.3, 0.4) is 0 Å². The van der Waals surface area contributed by atoms with Gasteiger partial charge in [0.05, 0.1) is 0 Å². The first-order valence-corrected chi connectivity index (χ1v) is 6.00. The highest BCUT2D eigenvalue weighted by atomic mass is 16.4. The molecule has 0 atom stereocenters. The second-order valence-corrected chi connectivity index (χ2v) is 4.49. The molecule has 2 aromatic rings. The van der Waals surface area contributed by atoms with Crippen molar-refractivity contribution in [2.75, 3.05) is 0 Å². The Kier molecular flexibility index (Phi) is 3.75. The fourth-order valence-corrected chi connectivity index (χ4v) is 1.89. The van der Waals surface area contributed by atoms with Crippen LogP contribution in [0.5, 0.6) is 11.5 Å². The minimum absolute atomic E-state index is 0.121. The molecule has 20 heavy (non-hydrogen) atoms. The molecule has 4 heteroatoms. The van der Waals surface area contributed by atoms with E-state index in [9.17, 15) is 15.0 Å². The number of benzene rings is 2. The molecule has 2 aromatic carbocycles. The van der Waals surface area contributed by atoms with E-state index in [0.29, 0.717) is 0 Å². The summed E-state index contributed by atoms with van der Waals surface area (Å²) >= 11 is 0. The Labute approximate surface area is 116 Å². The van der Waals surface area contributed by atoms with Crippen molar-refractivity contribution in [3.63, 3.8) is 0 Å². The van der Waals surface area contributed by atoms with Gasteiger partial charge in [0, 0.05) is 12.0 Å². The third-order valence-electron chi connectivity index (χ3n) is 2.96. The van der Waals surface area contributed by atoms with Gasteiger partial charge in [0.2, 0.25) is 0 Å². The number of aliphatic carboxylic acids is 1. The zero-order valence-electron chi connectivity index (χ0n) is 10.7. The number of phenols is 2. The fourth-order valence-electron chi connectivity index (χ4n) is 1.89. The summed E-state index contributed by atoms with van der Waals surface area (Å²) in [7, 11) is 0. The molecule has 0 fully saturated rings. The predicted molar refractivity (Wildman–Crippen MR) is 75.7 cm³/mol. The van der Waals surface area contributed by atoms with Crippen LogP contribution in [0.25, 0.3) is 11.1 Å². The van der Waals surface area contributed by atoms with E-state index >= 15 is 0 Å². The zero-order chi connectivity index (χ0) is 14.7. The number of aromatic hydroxyl groups is 2. The maximum atomic E-state index is 10.8. The molecular formula is C16H14O4. The first kappa shape index (κ1) is 13.7. The summed E-state index contributed by atoms with van der Waals surface area (Å²) in [4.78, 5) is 10.8. The Hall–Kier alpha value is -2.75. The minimum Gasteiger partial charge on any atom is -0.504 e. The van der Waals surface area contributed by atoms with Crippen molar-refractivity contribution in [3.8, 4) is 22.6 Å². The topological polar surface area (TPSA) is 77.8 Å². The Bertz CT molecular complexity index is 674. The van der Waals surface area contributed by atoms with Crippen LogP contribution in [-0.2, 0) is 11.2 Å². The lowest BCUT2D eigenvalue weighted by Gasteiger charge is -2.07. The molecule has 3 N–H and O–H groups in total. The lowest BCUT2D eigenvalue weighted by Crippen LogP contribution is -2.02. The molecule has 4 nitrogen and oxygen atoms in total. The molecule has 0 unspecified atom stereocenters. The molecule has 0 saturated carbocycles. The van der Waals surface area contributed by atoms with Gasteiger partial charge in [-0.3, -0.25) is 0 Å². The van der Waals surface area contributed by atoms with Crippen molar-refractivity contribution in [2.24, 2.45) is 0 Å². The normalized spacial score (nSPS) is 10.2. The standard InChI is InChI=1S/C16H14O4/c1-10(16(19)20)7-11-3-2-4-12(8-11)13-5-6-14(17)15(18)9-13/h2-6,8-9,17-18H,1,7H2,(H,19,20). The second-order valence-electron chi connectivity index (χ2n) is 4.49. The summed E-state index contributed by atoms with van der Waals surface area (Å²) in [5, 5.41) is 27.6. The molecule has 0 aromatic heterocycles. The third-order valence-corrected chi connectivity index (χ3v) is 2.96. The fraction of sp³-hybridized carbons (Fsp3) is 0.0625. The van der Waals surface area contributed by atoms with E-state index in [2.05, 4.69) is 6.58 Å². The molecule has 0 heterocycles. The SMILES string of the molecule is C=C(Cc1cccc(-c2ccc(O)c(O)c2)c1)C(=O)O. The average molecular weight is 270 g/mol. The highest BCUT2D eigenvalue weighted by molar-refractivity contribution is 5.86. The van der Waals surface area contributed by atoms with Crippen LogP contribution in [0.2, 0.25) is 0 Å². The van der Waals surface area contributed by atoms with Gasteiger partial charge in [0.25, 0.3) is 0 Å². The molecular weight excluding hydrogens is 256 g/mol. The quantitative estimate of drug-likeness (QED) is 0.589. The van der Waals surface area contributed by atoms with Crippen molar-refractivity contribution in [3.05, 3.63) is 60.2 Å². The monoisotopic (exact) mass is 270 g/mol. The van der Waals surface area contributed by atoms with E-state index in [1.807, 2.05) is 24.3 Å². The lowest BCUT2D eigenvalue weighted by atomic mass is 9.99. The Balaban J connectivity index is 2.31. The Morgan fingerprint density at radius 2 is 1.70 bits per heavy atom. The van der Waals surface area contributed by atoms with Gasteiger partial charge in [-0.1, -0.05) is 36.9 Å². The van der Waals surface area contributed by atoms with Crippen molar-refractivity contribution >= 4 is 5.97 Å². The Morgan fingerprint density at radius 1 is 1.00 bits per heavy atom. The molecule has 0 radical (unpaired) electrons. The van der Waals surface area contributed by atoms with Crippen LogP contribution in [0.1, 0.15) is 5.56 Å². The van der Waals surface area contributed by atoms with Gasteiger partial charge >= 0.3 is 5.97 Å². The van der Waals surface area contributed by atoms with E-state index in [4.69, 9.17) is 5.11 Å². The van der Waals surface area contributed by atoms with Gasteiger partial charge in [-0.15, -0.1) is 0 Å². The first-order valence-electron chi connectivity index (χ1n) is 6.00. The molecule has 0 spiro atoms. The number of carboxylic acids is 1. The van der Waals surface area contributed by atoms with Crippen molar-refractivity contribution in [1.29, 1.82) is 0 Å². The largest absolute Gasteiger partial charge is 0.504 e.